The molecule has 9 nitrogen and oxygen atoms in total. The number of benzene rings is 1. The van der Waals surface area contributed by atoms with E-state index in [1.165, 1.54) is 31.0 Å². The third-order valence-electron chi connectivity index (χ3n) is 5.61. The molecule has 3 aromatic rings. The van der Waals surface area contributed by atoms with Gasteiger partial charge in [0.15, 0.2) is 11.5 Å². The molecule has 0 saturated heterocycles. The molecule has 0 aliphatic heterocycles. The fraction of sp³-hybridized carbons (Fsp3) is 0.435. The molecule has 0 unspecified atom stereocenters. The second-order valence-corrected chi connectivity index (χ2v) is 8.98. The molecule has 2 N–H and O–H groups in total. The Labute approximate surface area is 196 Å². The van der Waals surface area contributed by atoms with E-state index in [2.05, 4.69) is 25.9 Å². The van der Waals surface area contributed by atoms with Crippen LogP contribution in [0.15, 0.2) is 41.4 Å². The van der Waals surface area contributed by atoms with Gasteiger partial charge in [-0.1, -0.05) is 31.0 Å². The van der Waals surface area contributed by atoms with Crippen molar-refractivity contribution >= 4 is 29.2 Å². The number of nitrogens with zero attached hydrogens (tertiary/aromatic N) is 4. The largest absolute Gasteiger partial charge is 0.497 e. The van der Waals surface area contributed by atoms with E-state index in [4.69, 9.17) is 4.74 Å². The van der Waals surface area contributed by atoms with E-state index in [1.54, 1.807) is 35.9 Å². The van der Waals surface area contributed by atoms with E-state index >= 15 is 0 Å². The zero-order valence-corrected chi connectivity index (χ0v) is 19.4. The van der Waals surface area contributed by atoms with Gasteiger partial charge < -0.3 is 15.4 Å². The number of nitrogens with one attached hydrogen (secondary N) is 2. The van der Waals surface area contributed by atoms with Crippen LogP contribution < -0.4 is 15.4 Å². The third-order valence-corrected chi connectivity index (χ3v) is 6.53. The lowest BCUT2D eigenvalue weighted by Crippen LogP contribution is -2.37. The smallest absolute Gasteiger partial charge is 0.251 e. The summed E-state index contributed by atoms with van der Waals surface area (Å²) in [6, 6.07) is 10.9. The Kier molecular flexibility index (Phi) is 7.77. The standard InChI is InChI=1S/C23H28N6O3S/c1-32-18-9-7-16(8-10-18)23(31)24-14-13-20-27-26-19-11-12-22(28-29(19)20)33-15-21(30)25-17-5-3-2-4-6-17/h7-12,17H,2-6,13-15H2,1H3,(H,24,31)(H,25,30). The van der Waals surface area contributed by atoms with Crippen LogP contribution in [-0.4, -0.2) is 57.1 Å². The van der Waals surface area contributed by atoms with E-state index in [-0.39, 0.29) is 11.8 Å². The Morgan fingerprint density at radius 3 is 2.64 bits per heavy atom. The summed E-state index contributed by atoms with van der Waals surface area (Å²) in [5.74, 6) is 1.55. The second kappa shape index (κ2) is 11.1. The van der Waals surface area contributed by atoms with Gasteiger partial charge in [-0.05, 0) is 49.2 Å². The molecule has 174 valence electrons. The maximum atomic E-state index is 12.3. The number of carbonyl (C=O) groups is 2. The summed E-state index contributed by atoms with van der Waals surface area (Å²) in [7, 11) is 1.59. The van der Waals surface area contributed by atoms with Crippen LogP contribution in [0.3, 0.4) is 0 Å². The summed E-state index contributed by atoms with van der Waals surface area (Å²) in [5, 5.41) is 19.7. The summed E-state index contributed by atoms with van der Waals surface area (Å²) in [4.78, 5) is 24.6. The van der Waals surface area contributed by atoms with Gasteiger partial charge in [0.2, 0.25) is 5.91 Å². The highest BCUT2D eigenvalue weighted by atomic mass is 32.2. The van der Waals surface area contributed by atoms with Gasteiger partial charge in [0, 0.05) is 24.6 Å². The summed E-state index contributed by atoms with van der Waals surface area (Å²) in [6.45, 7) is 0.397. The van der Waals surface area contributed by atoms with E-state index in [0.29, 0.717) is 47.5 Å². The Bertz CT molecular complexity index is 1100. The minimum Gasteiger partial charge on any atom is -0.497 e. The Morgan fingerprint density at radius 2 is 1.88 bits per heavy atom. The van der Waals surface area contributed by atoms with Crippen LogP contribution >= 0.6 is 11.8 Å². The number of carbonyl (C=O) groups excluding carboxylic acids is 2. The molecule has 1 aromatic carbocycles. The summed E-state index contributed by atoms with van der Waals surface area (Å²) < 4.78 is 6.78. The number of hydrogen-bond acceptors (Lipinski definition) is 7. The molecule has 1 fully saturated rings. The normalized spacial score (nSPS) is 14.2. The molecule has 10 heteroatoms. The molecule has 0 atom stereocenters. The van der Waals surface area contributed by atoms with Gasteiger partial charge >= 0.3 is 0 Å². The highest BCUT2D eigenvalue weighted by molar-refractivity contribution is 7.99. The van der Waals surface area contributed by atoms with Gasteiger partial charge in [-0.2, -0.15) is 9.61 Å². The van der Waals surface area contributed by atoms with Gasteiger partial charge in [0.05, 0.1) is 12.9 Å². The topological polar surface area (TPSA) is 111 Å². The molecule has 1 saturated carbocycles. The minimum absolute atomic E-state index is 0.0408. The zero-order chi connectivity index (χ0) is 23.0. The lowest BCUT2D eigenvalue weighted by molar-refractivity contribution is -0.119. The van der Waals surface area contributed by atoms with E-state index in [0.717, 1.165) is 17.9 Å². The molecule has 0 spiro atoms. The molecule has 4 rings (SSSR count). The number of ether oxygens (including phenoxy) is 1. The van der Waals surface area contributed by atoms with Crippen molar-refractivity contribution in [2.45, 2.75) is 49.6 Å². The highest BCUT2D eigenvalue weighted by Crippen LogP contribution is 2.19. The monoisotopic (exact) mass is 468 g/mol. The number of thioether (sulfide) groups is 1. The van der Waals surface area contributed by atoms with Crippen LogP contribution in [0.1, 0.15) is 48.3 Å². The highest BCUT2D eigenvalue weighted by Gasteiger charge is 2.16. The molecule has 1 aliphatic rings. The number of hydrogen-bond donors (Lipinski definition) is 2. The van der Waals surface area contributed by atoms with E-state index in [1.807, 2.05) is 12.1 Å². The van der Waals surface area contributed by atoms with Crippen molar-refractivity contribution < 1.29 is 14.3 Å². The lowest BCUT2D eigenvalue weighted by Gasteiger charge is -2.22. The number of aromatic nitrogens is 4. The number of methoxy groups -OCH3 is 1. The minimum atomic E-state index is -0.167. The lowest BCUT2D eigenvalue weighted by atomic mass is 9.95. The molecular weight excluding hydrogens is 440 g/mol. The third kappa shape index (κ3) is 6.22. The van der Waals surface area contributed by atoms with Crippen molar-refractivity contribution in [3.63, 3.8) is 0 Å². The number of rotatable bonds is 9. The van der Waals surface area contributed by atoms with Gasteiger partial charge in [-0.25, -0.2) is 0 Å². The first-order chi connectivity index (χ1) is 16.1. The predicted molar refractivity (Wildman–Crippen MR) is 126 cm³/mol. The first kappa shape index (κ1) is 23.0. The molecule has 2 heterocycles. The van der Waals surface area contributed by atoms with Crippen LogP contribution in [-0.2, 0) is 11.2 Å². The Hall–Kier alpha value is -3.14. The maximum Gasteiger partial charge on any atom is 0.251 e. The van der Waals surface area contributed by atoms with Crippen LogP contribution in [0.2, 0.25) is 0 Å². The Balaban J connectivity index is 1.29. The quantitative estimate of drug-likeness (QED) is 0.465. The van der Waals surface area contributed by atoms with Crippen molar-refractivity contribution in [3.8, 4) is 5.75 Å². The van der Waals surface area contributed by atoms with Crippen LogP contribution in [0.4, 0.5) is 0 Å². The fourth-order valence-corrected chi connectivity index (χ4v) is 4.50. The average Bonchev–Trinajstić information content (AvgIpc) is 3.25. The van der Waals surface area contributed by atoms with Crippen LogP contribution in [0.5, 0.6) is 5.75 Å². The predicted octanol–water partition coefficient (Wildman–Crippen LogP) is 2.65. The van der Waals surface area contributed by atoms with Gasteiger partial charge in [-0.15, -0.1) is 10.2 Å². The first-order valence-electron chi connectivity index (χ1n) is 11.2. The average molecular weight is 469 g/mol. The summed E-state index contributed by atoms with van der Waals surface area (Å²) in [6.07, 6.45) is 6.25. The molecule has 0 radical (unpaired) electrons. The molecular formula is C23H28N6O3S. The fourth-order valence-electron chi connectivity index (χ4n) is 3.84. The van der Waals surface area contributed by atoms with E-state index < -0.39 is 0 Å². The molecule has 2 amide bonds. The molecule has 0 bridgehead atoms. The molecule has 1 aliphatic carbocycles. The number of fused-ring (bicyclic) bond motifs is 1. The van der Waals surface area contributed by atoms with Crippen molar-refractivity contribution in [2.75, 3.05) is 19.4 Å². The van der Waals surface area contributed by atoms with Crippen molar-refractivity contribution in [3.05, 3.63) is 47.8 Å². The van der Waals surface area contributed by atoms with Crippen molar-refractivity contribution in [2.24, 2.45) is 0 Å². The zero-order valence-electron chi connectivity index (χ0n) is 18.6. The van der Waals surface area contributed by atoms with E-state index in [9.17, 15) is 9.59 Å². The molecule has 33 heavy (non-hydrogen) atoms. The Morgan fingerprint density at radius 1 is 1.09 bits per heavy atom. The van der Waals surface area contributed by atoms with Gasteiger partial charge in [0.1, 0.15) is 10.8 Å². The van der Waals surface area contributed by atoms with Crippen molar-refractivity contribution in [1.82, 2.24) is 30.4 Å². The number of amides is 2. The van der Waals surface area contributed by atoms with Crippen LogP contribution in [0, 0.1) is 0 Å². The maximum absolute atomic E-state index is 12.3. The van der Waals surface area contributed by atoms with Crippen molar-refractivity contribution in [1.29, 1.82) is 0 Å². The first-order valence-corrected chi connectivity index (χ1v) is 12.2. The van der Waals surface area contributed by atoms with Gasteiger partial charge in [-0.3, -0.25) is 9.59 Å². The second-order valence-electron chi connectivity index (χ2n) is 7.98. The van der Waals surface area contributed by atoms with Gasteiger partial charge in [0.25, 0.3) is 5.91 Å². The van der Waals surface area contributed by atoms with Crippen LogP contribution in [0.25, 0.3) is 5.65 Å². The molecule has 2 aromatic heterocycles. The summed E-state index contributed by atoms with van der Waals surface area (Å²) in [5.41, 5.74) is 1.19. The summed E-state index contributed by atoms with van der Waals surface area (Å²) >= 11 is 1.39. The SMILES string of the molecule is COc1ccc(C(=O)NCCc2nnc3ccc(SCC(=O)NC4CCCCC4)nn23)cc1.